The summed E-state index contributed by atoms with van der Waals surface area (Å²) in [4.78, 5) is 24.7. The fraction of sp³-hybridized carbons (Fsp3) is 0.389. The minimum atomic E-state index is -1.86. The van der Waals surface area contributed by atoms with Gasteiger partial charge in [0.2, 0.25) is 6.29 Å². The van der Waals surface area contributed by atoms with Gasteiger partial charge in [0.25, 0.3) is 0 Å². The predicted molar refractivity (Wildman–Crippen MR) is 177 cm³/mol. The summed E-state index contributed by atoms with van der Waals surface area (Å²) >= 11 is 0. The Morgan fingerprint density at radius 3 is 2.25 bits per heavy atom. The lowest BCUT2D eigenvalue weighted by molar-refractivity contribution is -0.342. The van der Waals surface area contributed by atoms with Crippen molar-refractivity contribution in [3.63, 3.8) is 0 Å². The third kappa shape index (κ3) is 7.93. The van der Waals surface area contributed by atoms with E-state index in [1.807, 2.05) is 0 Å². The number of hydrogen-bond donors (Lipinski definition) is 7. The van der Waals surface area contributed by atoms with Crippen molar-refractivity contribution < 1.29 is 73.4 Å². The maximum absolute atomic E-state index is 12.9. The largest absolute Gasteiger partial charge is 0.508 e. The zero-order valence-electron chi connectivity index (χ0n) is 27.9. The van der Waals surface area contributed by atoms with Crippen LogP contribution in [0.3, 0.4) is 0 Å². The van der Waals surface area contributed by atoms with Crippen LogP contribution in [-0.4, -0.2) is 104 Å². The van der Waals surface area contributed by atoms with Crippen molar-refractivity contribution in [1.82, 2.24) is 0 Å². The first-order chi connectivity index (χ1) is 24.8. The minimum absolute atomic E-state index is 0.00280. The number of hydrogen-bond acceptors (Lipinski definition) is 16. The average molecular weight is 727 g/mol. The molecule has 16 heteroatoms. The highest BCUT2D eigenvalue weighted by Crippen LogP contribution is 2.38. The molecule has 0 amide bonds. The molecular formula is C36H38O16. The number of aliphatic hydroxyl groups excluding tert-OH is 4. The van der Waals surface area contributed by atoms with Gasteiger partial charge < -0.3 is 68.6 Å². The second-order valence-corrected chi connectivity index (χ2v) is 12.5. The standard InChI is InChI=1S/C36H38O16/c1-16-31(42)33(44)34(50-26-14-24-18(11-25(26)46-2)6-10-28(41)49-24)36(47-16)51-27-15-29(52-35(45)32(27)43)48-20-12-22(39)30(23(40)13-20)21(38)9-5-17-3-7-19(37)8-4-17/h3-4,6-8,10-14,16,27,29,31-37,39-40,42-45H,5,9,15H2,1-2H3. The Morgan fingerprint density at radius 1 is 0.846 bits per heavy atom. The van der Waals surface area contributed by atoms with Gasteiger partial charge in [-0.25, -0.2) is 4.79 Å². The molecule has 2 saturated heterocycles. The quantitative estimate of drug-likeness (QED) is 0.0861. The number of benzene rings is 3. The maximum atomic E-state index is 12.9. The molecule has 3 aromatic carbocycles. The number of methoxy groups -OCH3 is 1. The van der Waals surface area contributed by atoms with E-state index in [1.165, 1.54) is 50.4 Å². The van der Waals surface area contributed by atoms with Gasteiger partial charge in [-0.2, -0.15) is 0 Å². The molecular weight excluding hydrogens is 688 g/mol. The van der Waals surface area contributed by atoms with E-state index in [1.54, 1.807) is 12.1 Å². The molecule has 0 aliphatic carbocycles. The molecule has 0 spiro atoms. The lowest BCUT2D eigenvalue weighted by Gasteiger charge is -2.44. The number of carbonyl (C=O) groups excluding carboxylic acids is 1. The van der Waals surface area contributed by atoms with Crippen molar-refractivity contribution in [2.24, 2.45) is 0 Å². The predicted octanol–water partition coefficient (Wildman–Crippen LogP) is 1.84. The highest BCUT2D eigenvalue weighted by Gasteiger charge is 2.49. The lowest BCUT2D eigenvalue weighted by atomic mass is 9.99. The molecule has 0 saturated carbocycles. The normalized spacial score (nSPS) is 27.6. The van der Waals surface area contributed by atoms with Crippen LogP contribution >= 0.6 is 0 Å². The van der Waals surface area contributed by atoms with E-state index >= 15 is 0 Å². The van der Waals surface area contributed by atoms with Gasteiger partial charge in [-0.15, -0.1) is 0 Å². The number of carbonyl (C=O) groups is 1. The first-order valence-electron chi connectivity index (χ1n) is 16.3. The van der Waals surface area contributed by atoms with Crippen molar-refractivity contribution in [1.29, 1.82) is 0 Å². The fourth-order valence-electron chi connectivity index (χ4n) is 6.04. The molecule has 278 valence electrons. The van der Waals surface area contributed by atoms with Gasteiger partial charge >= 0.3 is 5.63 Å². The Balaban J connectivity index is 1.17. The Kier molecular flexibility index (Phi) is 10.9. The molecule has 7 N–H and O–H groups in total. The average Bonchev–Trinajstić information content (AvgIpc) is 3.10. The second kappa shape index (κ2) is 15.3. The van der Waals surface area contributed by atoms with Gasteiger partial charge in [-0.3, -0.25) is 4.79 Å². The molecule has 0 bridgehead atoms. The van der Waals surface area contributed by atoms with E-state index in [2.05, 4.69) is 0 Å². The van der Waals surface area contributed by atoms with Crippen molar-refractivity contribution in [3.05, 3.63) is 82.2 Å². The van der Waals surface area contributed by atoms with Gasteiger partial charge in [-0.05, 0) is 43.2 Å². The van der Waals surface area contributed by atoms with Crippen LogP contribution in [0.2, 0.25) is 0 Å². The number of phenols is 3. The molecule has 3 heterocycles. The smallest absolute Gasteiger partial charge is 0.336 e. The van der Waals surface area contributed by atoms with Crippen LogP contribution in [0.15, 0.2) is 69.9 Å². The summed E-state index contributed by atoms with van der Waals surface area (Å²) in [5.41, 5.74) is -0.0342. The number of ether oxygens (including phenoxy) is 6. The number of aliphatic hydroxyl groups is 4. The topological polar surface area (TPSA) is 244 Å². The van der Waals surface area contributed by atoms with E-state index in [0.29, 0.717) is 5.39 Å². The third-order valence-corrected chi connectivity index (χ3v) is 8.84. The number of Topliss-reactive ketones (excluding diaryl/α,β-unsaturated/α-hetero) is 1. The number of rotatable bonds is 11. The van der Waals surface area contributed by atoms with Gasteiger partial charge in [-0.1, -0.05) is 12.1 Å². The molecule has 2 fully saturated rings. The van der Waals surface area contributed by atoms with Crippen LogP contribution < -0.4 is 19.8 Å². The van der Waals surface area contributed by atoms with Gasteiger partial charge in [0.15, 0.2) is 36.0 Å². The molecule has 2 aliphatic rings. The third-order valence-electron chi connectivity index (χ3n) is 8.84. The van der Waals surface area contributed by atoms with Crippen LogP contribution in [0.5, 0.6) is 34.5 Å². The fourth-order valence-corrected chi connectivity index (χ4v) is 6.04. The Labute approximate surface area is 295 Å². The second-order valence-electron chi connectivity index (χ2n) is 12.5. The molecule has 6 rings (SSSR count). The summed E-state index contributed by atoms with van der Waals surface area (Å²) in [6.45, 7) is 1.48. The highest BCUT2D eigenvalue weighted by atomic mass is 16.8. The molecule has 16 nitrogen and oxygen atoms in total. The van der Waals surface area contributed by atoms with Crippen molar-refractivity contribution in [2.45, 2.75) is 81.7 Å². The summed E-state index contributed by atoms with van der Waals surface area (Å²) in [7, 11) is 1.37. The van der Waals surface area contributed by atoms with Crippen molar-refractivity contribution in [3.8, 4) is 34.5 Å². The number of aryl methyl sites for hydroxylation is 1. The molecule has 9 unspecified atom stereocenters. The summed E-state index contributed by atoms with van der Waals surface area (Å²) in [6, 6.07) is 14.1. The molecule has 1 aromatic heterocycles. The number of fused-ring (bicyclic) bond motifs is 1. The van der Waals surface area contributed by atoms with Crippen LogP contribution in [0, 0.1) is 0 Å². The minimum Gasteiger partial charge on any atom is -0.508 e. The van der Waals surface area contributed by atoms with E-state index in [-0.39, 0.29) is 53.4 Å². The molecule has 0 radical (unpaired) electrons. The van der Waals surface area contributed by atoms with Crippen molar-refractivity contribution in [2.75, 3.05) is 7.11 Å². The first kappa shape index (κ1) is 36.8. The van der Waals surface area contributed by atoms with Gasteiger partial charge in [0, 0.05) is 42.5 Å². The van der Waals surface area contributed by atoms with Gasteiger partial charge in [0.05, 0.1) is 19.3 Å². The lowest BCUT2D eigenvalue weighted by Crippen LogP contribution is -2.61. The maximum Gasteiger partial charge on any atom is 0.336 e. The highest BCUT2D eigenvalue weighted by molar-refractivity contribution is 6.01. The number of ketones is 1. The van der Waals surface area contributed by atoms with E-state index in [9.17, 15) is 45.3 Å². The molecule has 4 aromatic rings. The number of aromatic hydroxyl groups is 3. The SMILES string of the molecule is COc1cc2ccc(=O)oc2cc1OC1C(OC2CC(Oc3cc(O)c(C(=O)CCc4ccc(O)cc4)c(O)c3)OC(O)C2O)OC(C)C(O)C1O. The summed E-state index contributed by atoms with van der Waals surface area (Å²) in [5, 5.41) is 74.4. The van der Waals surface area contributed by atoms with Crippen LogP contribution in [0.25, 0.3) is 11.0 Å². The number of phenolic OH excluding ortho intramolecular Hbond substituents is 3. The first-order valence-corrected chi connectivity index (χ1v) is 16.3. The Morgan fingerprint density at radius 2 is 1.56 bits per heavy atom. The van der Waals surface area contributed by atoms with Crippen LogP contribution in [0.1, 0.15) is 35.7 Å². The molecule has 52 heavy (non-hydrogen) atoms. The van der Waals surface area contributed by atoms with E-state index in [0.717, 1.165) is 17.7 Å². The Hall–Kier alpha value is -4.94. The molecule has 2 aliphatic heterocycles. The Bertz CT molecular complexity index is 1920. The van der Waals surface area contributed by atoms with Crippen LogP contribution in [-0.2, 0) is 20.6 Å². The van der Waals surface area contributed by atoms with Crippen molar-refractivity contribution >= 4 is 16.8 Å². The van der Waals surface area contributed by atoms with E-state index < -0.39 is 78.4 Å². The zero-order chi connectivity index (χ0) is 37.3. The van der Waals surface area contributed by atoms with E-state index in [4.69, 9.17) is 32.8 Å². The summed E-state index contributed by atoms with van der Waals surface area (Å²) in [5.74, 6) is -1.57. The molecule has 9 atom stereocenters. The summed E-state index contributed by atoms with van der Waals surface area (Å²) < 4.78 is 39.7. The zero-order valence-corrected chi connectivity index (χ0v) is 27.9. The van der Waals surface area contributed by atoms with Crippen LogP contribution in [0.4, 0.5) is 0 Å². The summed E-state index contributed by atoms with van der Waals surface area (Å²) in [6.07, 6.45) is -13.1. The monoisotopic (exact) mass is 726 g/mol. The van der Waals surface area contributed by atoms with Gasteiger partial charge in [0.1, 0.15) is 52.5 Å².